The summed E-state index contributed by atoms with van der Waals surface area (Å²) in [5.41, 5.74) is -0.873. The van der Waals surface area contributed by atoms with E-state index in [2.05, 4.69) is 15.9 Å². The first-order valence-corrected chi connectivity index (χ1v) is 8.33. The van der Waals surface area contributed by atoms with E-state index in [4.69, 9.17) is 0 Å². The Morgan fingerprint density at radius 2 is 1.70 bits per heavy atom. The highest BCUT2D eigenvalue weighted by Gasteiger charge is 2.33. The fourth-order valence-corrected chi connectivity index (χ4v) is 4.69. The van der Waals surface area contributed by atoms with Crippen LogP contribution in [0.1, 0.15) is 24.8 Å². The van der Waals surface area contributed by atoms with Gasteiger partial charge in [-0.2, -0.15) is 17.5 Å². The van der Waals surface area contributed by atoms with E-state index < -0.39 is 21.8 Å². The van der Waals surface area contributed by atoms with Crippen LogP contribution in [0.5, 0.6) is 0 Å². The highest BCUT2D eigenvalue weighted by atomic mass is 79.9. The van der Waals surface area contributed by atoms with Gasteiger partial charge in [0.15, 0.2) is 0 Å². The molecule has 0 atom stereocenters. The highest BCUT2D eigenvalue weighted by molar-refractivity contribution is 9.10. The van der Waals surface area contributed by atoms with Crippen LogP contribution in [-0.2, 0) is 16.2 Å². The minimum Gasteiger partial charge on any atom is -0.207 e. The van der Waals surface area contributed by atoms with Gasteiger partial charge < -0.3 is 0 Å². The van der Waals surface area contributed by atoms with Crippen molar-refractivity contribution in [3.8, 4) is 0 Å². The van der Waals surface area contributed by atoms with Crippen LogP contribution in [0.3, 0.4) is 0 Å². The van der Waals surface area contributed by atoms with Crippen LogP contribution in [0.25, 0.3) is 0 Å². The lowest BCUT2D eigenvalue weighted by molar-refractivity contribution is -0.137. The van der Waals surface area contributed by atoms with E-state index in [1.165, 1.54) is 4.31 Å². The summed E-state index contributed by atoms with van der Waals surface area (Å²) in [5, 5.41) is 0. The molecule has 1 aromatic carbocycles. The van der Waals surface area contributed by atoms with Gasteiger partial charge in [0.25, 0.3) is 0 Å². The molecule has 0 amide bonds. The maximum Gasteiger partial charge on any atom is 0.416 e. The molecule has 0 N–H and O–H groups in total. The van der Waals surface area contributed by atoms with Gasteiger partial charge in [-0.1, -0.05) is 6.42 Å². The molecule has 1 fully saturated rings. The summed E-state index contributed by atoms with van der Waals surface area (Å²) in [6.45, 7) is 0.825. The largest absolute Gasteiger partial charge is 0.416 e. The zero-order chi connectivity index (χ0) is 15.0. The quantitative estimate of drug-likeness (QED) is 0.795. The molecule has 112 valence electrons. The molecule has 1 aromatic rings. The van der Waals surface area contributed by atoms with Gasteiger partial charge in [-0.15, -0.1) is 0 Å². The molecular weight excluding hydrogens is 359 g/mol. The predicted molar refractivity (Wildman–Crippen MR) is 71.8 cm³/mol. The molecule has 0 aliphatic carbocycles. The molecule has 1 aliphatic heterocycles. The maximum absolute atomic E-state index is 12.6. The summed E-state index contributed by atoms with van der Waals surface area (Å²) in [6.07, 6.45) is -1.97. The molecule has 1 saturated heterocycles. The maximum atomic E-state index is 12.6. The van der Waals surface area contributed by atoms with Gasteiger partial charge in [-0.05, 0) is 47.0 Å². The van der Waals surface area contributed by atoms with Crippen molar-refractivity contribution in [2.75, 3.05) is 13.1 Å². The van der Waals surface area contributed by atoms with E-state index in [0.29, 0.717) is 13.1 Å². The zero-order valence-corrected chi connectivity index (χ0v) is 12.9. The van der Waals surface area contributed by atoms with Crippen LogP contribution in [0.4, 0.5) is 13.2 Å². The lowest BCUT2D eigenvalue weighted by Gasteiger charge is -2.26. The van der Waals surface area contributed by atoms with Gasteiger partial charge in [-0.25, -0.2) is 8.42 Å². The average Bonchev–Trinajstić information content (AvgIpc) is 2.38. The van der Waals surface area contributed by atoms with Gasteiger partial charge in [0.2, 0.25) is 10.0 Å². The number of halogens is 4. The number of rotatable bonds is 2. The first kappa shape index (κ1) is 15.8. The molecule has 0 aromatic heterocycles. The Morgan fingerprint density at radius 1 is 1.10 bits per heavy atom. The van der Waals surface area contributed by atoms with Crippen LogP contribution in [0.15, 0.2) is 27.6 Å². The Bertz CT molecular complexity index is 595. The van der Waals surface area contributed by atoms with Crippen molar-refractivity contribution in [1.29, 1.82) is 0 Å². The summed E-state index contributed by atoms with van der Waals surface area (Å²) in [5.74, 6) is 0. The van der Waals surface area contributed by atoms with Gasteiger partial charge in [-0.3, -0.25) is 0 Å². The molecule has 1 heterocycles. The molecule has 0 bridgehead atoms. The number of alkyl halides is 3. The predicted octanol–water partition coefficient (Wildman–Crippen LogP) is 3.64. The molecule has 1 aliphatic rings. The second-order valence-corrected chi connectivity index (χ2v) is 7.37. The molecule has 8 heteroatoms. The summed E-state index contributed by atoms with van der Waals surface area (Å²) in [7, 11) is -3.74. The first-order chi connectivity index (χ1) is 9.23. The fraction of sp³-hybridized carbons (Fsp3) is 0.500. The lowest BCUT2D eigenvalue weighted by Crippen LogP contribution is -2.35. The first-order valence-electron chi connectivity index (χ1n) is 6.10. The summed E-state index contributed by atoms with van der Waals surface area (Å²) < 4.78 is 63.7. The lowest BCUT2D eigenvalue weighted by atomic mass is 10.2. The van der Waals surface area contributed by atoms with Gasteiger partial charge in [0.1, 0.15) is 0 Å². The third-order valence-electron chi connectivity index (χ3n) is 3.19. The third-order valence-corrected chi connectivity index (χ3v) is 6.07. The Morgan fingerprint density at radius 3 is 2.20 bits per heavy atom. The van der Waals surface area contributed by atoms with Crippen LogP contribution in [-0.4, -0.2) is 25.8 Å². The summed E-state index contributed by atoms with van der Waals surface area (Å²) >= 11 is 2.94. The average molecular weight is 372 g/mol. The van der Waals surface area contributed by atoms with Gasteiger partial charge in [0.05, 0.1) is 10.5 Å². The van der Waals surface area contributed by atoms with Crippen LogP contribution in [0.2, 0.25) is 0 Å². The van der Waals surface area contributed by atoms with Crippen molar-refractivity contribution in [1.82, 2.24) is 4.31 Å². The molecular formula is C12H13BrF3NO2S. The topological polar surface area (TPSA) is 37.4 Å². The minimum atomic E-state index is -4.49. The third kappa shape index (κ3) is 3.17. The van der Waals surface area contributed by atoms with E-state index in [-0.39, 0.29) is 9.37 Å². The van der Waals surface area contributed by atoms with Gasteiger partial charge >= 0.3 is 6.18 Å². The van der Waals surface area contributed by atoms with Crippen molar-refractivity contribution in [2.24, 2.45) is 0 Å². The normalized spacial score (nSPS) is 18.2. The van der Waals surface area contributed by atoms with E-state index >= 15 is 0 Å². The number of hydrogen-bond acceptors (Lipinski definition) is 2. The van der Waals surface area contributed by atoms with Crippen LogP contribution in [0, 0.1) is 0 Å². The summed E-state index contributed by atoms with van der Waals surface area (Å²) in [6, 6.07) is 2.61. The van der Waals surface area contributed by atoms with E-state index in [1.54, 1.807) is 0 Å². The molecule has 0 saturated carbocycles. The Balaban J connectivity index is 2.37. The van der Waals surface area contributed by atoms with Gasteiger partial charge in [0, 0.05) is 17.6 Å². The van der Waals surface area contributed by atoms with Crippen molar-refractivity contribution in [3.05, 3.63) is 28.2 Å². The van der Waals surface area contributed by atoms with E-state index in [0.717, 1.165) is 37.5 Å². The van der Waals surface area contributed by atoms with Crippen LogP contribution >= 0.6 is 15.9 Å². The molecule has 3 nitrogen and oxygen atoms in total. The smallest absolute Gasteiger partial charge is 0.207 e. The van der Waals surface area contributed by atoms with Crippen molar-refractivity contribution < 1.29 is 21.6 Å². The number of sulfonamides is 1. The summed E-state index contributed by atoms with van der Waals surface area (Å²) in [4.78, 5) is -0.118. The Labute approximate surface area is 123 Å². The van der Waals surface area contributed by atoms with E-state index in [9.17, 15) is 21.6 Å². The monoisotopic (exact) mass is 371 g/mol. The second-order valence-electron chi connectivity index (χ2n) is 4.61. The second kappa shape index (κ2) is 5.65. The number of piperidine rings is 1. The number of hydrogen-bond donors (Lipinski definition) is 0. The van der Waals surface area contributed by atoms with Crippen molar-refractivity contribution in [3.63, 3.8) is 0 Å². The van der Waals surface area contributed by atoms with E-state index in [1.807, 2.05) is 0 Å². The SMILES string of the molecule is O=S(=O)(c1ccc(C(F)(F)F)cc1Br)N1CCCCC1. The zero-order valence-electron chi connectivity index (χ0n) is 10.5. The van der Waals surface area contributed by atoms with Crippen molar-refractivity contribution >= 4 is 26.0 Å². The standard InChI is InChI=1S/C12H13BrF3NO2S/c13-10-8-9(12(14,15)16)4-5-11(10)20(18,19)17-6-2-1-3-7-17/h4-5,8H,1-3,6-7H2. The molecule has 0 spiro atoms. The fourth-order valence-electron chi connectivity index (χ4n) is 2.13. The van der Waals surface area contributed by atoms with Crippen molar-refractivity contribution in [2.45, 2.75) is 30.3 Å². The molecule has 2 rings (SSSR count). The Kier molecular flexibility index (Phi) is 4.46. The van der Waals surface area contributed by atoms with Crippen LogP contribution < -0.4 is 0 Å². The minimum absolute atomic E-state index is 0.0575. The molecule has 20 heavy (non-hydrogen) atoms. The molecule has 0 radical (unpaired) electrons. The Hall–Kier alpha value is -0.600. The highest BCUT2D eigenvalue weighted by Crippen LogP contribution is 2.34. The number of benzene rings is 1. The number of nitrogens with zero attached hydrogens (tertiary/aromatic N) is 1. The molecule has 0 unspecified atom stereocenters.